The zero-order valence-electron chi connectivity index (χ0n) is 11.9. The molecule has 0 aliphatic heterocycles. The molecule has 0 spiro atoms. The molecule has 5 rings (SSSR count). The summed E-state index contributed by atoms with van der Waals surface area (Å²) in [4.78, 5) is 14.1. The quantitative estimate of drug-likeness (QED) is 0.907. The minimum absolute atomic E-state index is 0.116. The smallest absolute Gasteiger partial charge is 0.295 e. The van der Waals surface area contributed by atoms with Crippen molar-refractivity contribution in [2.24, 2.45) is 23.2 Å². The van der Waals surface area contributed by atoms with Gasteiger partial charge in [-0.2, -0.15) is 5.21 Å². The molecule has 108 valence electrons. The Kier molecular flexibility index (Phi) is 2.62. The van der Waals surface area contributed by atoms with Gasteiger partial charge in [0.1, 0.15) is 0 Å². The van der Waals surface area contributed by atoms with Crippen molar-refractivity contribution in [3.8, 4) is 0 Å². The van der Waals surface area contributed by atoms with Crippen molar-refractivity contribution in [1.29, 1.82) is 0 Å². The molecule has 4 aliphatic rings. The molecular weight excluding hydrogens is 254 g/mol. The Morgan fingerprint density at radius 3 is 2.35 bits per heavy atom. The molecule has 20 heavy (non-hydrogen) atoms. The Morgan fingerprint density at radius 2 is 1.85 bits per heavy atom. The van der Waals surface area contributed by atoms with E-state index >= 15 is 0 Å². The highest BCUT2D eigenvalue weighted by molar-refractivity contribution is 5.89. The fraction of sp³-hybridized carbons (Fsp3) is 0.857. The molecule has 1 aromatic heterocycles. The molecule has 1 aromatic rings. The lowest BCUT2D eigenvalue weighted by atomic mass is 9.49. The van der Waals surface area contributed by atoms with E-state index in [1.165, 1.54) is 38.5 Å². The van der Waals surface area contributed by atoms with Crippen LogP contribution in [0.4, 0.5) is 0 Å². The van der Waals surface area contributed by atoms with E-state index in [0.717, 1.165) is 24.3 Å². The average Bonchev–Trinajstić information content (AvgIpc) is 2.89. The van der Waals surface area contributed by atoms with Crippen LogP contribution in [0.5, 0.6) is 0 Å². The third kappa shape index (κ3) is 1.93. The molecule has 1 N–H and O–H groups in total. The number of aromatic amines is 1. The second-order valence-corrected chi connectivity index (χ2v) is 7.31. The number of carbonyl (C=O) groups is 1. The summed E-state index contributed by atoms with van der Waals surface area (Å²) in [6, 6.07) is 0. The zero-order valence-corrected chi connectivity index (χ0v) is 11.9. The lowest BCUT2D eigenvalue weighted by molar-refractivity contribution is -0.0630. The van der Waals surface area contributed by atoms with Crippen molar-refractivity contribution in [3.05, 3.63) is 5.82 Å². The number of carbonyl (C=O) groups excluding carboxylic acids is 1. The van der Waals surface area contributed by atoms with Gasteiger partial charge in [0, 0.05) is 13.6 Å². The van der Waals surface area contributed by atoms with E-state index in [-0.39, 0.29) is 11.7 Å². The van der Waals surface area contributed by atoms with Crippen molar-refractivity contribution in [2.45, 2.75) is 38.5 Å². The predicted molar refractivity (Wildman–Crippen MR) is 71.7 cm³/mol. The van der Waals surface area contributed by atoms with Gasteiger partial charge < -0.3 is 4.90 Å². The van der Waals surface area contributed by atoms with Gasteiger partial charge in [-0.1, -0.05) is 0 Å². The maximum Gasteiger partial charge on any atom is 0.295 e. The minimum Gasteiger partial charge on any atom is -0.338 e. The fourth-order valence-electron chi connectivity index (χ4n) is 5.48. The van der Waals surface area contributed by atoms with E-state index in [1.54, 1.807) is 4.90 Å². The first-order valence-electron chi connectivity index (χ1n) is 7.62. The number of tetrazole rings is 1. The van der Waals surface area contributed by atoms with Crippen LogP contribution in [-0.2, 0) is 0 Å². The topological polar surface area (TPSA) is 74.8 Å². The normalized spacial score (nSPS) is 38.1. The van der Waals surface area contributed by atoms with Crippen LogP contribution >= 0.6 is 0 Å². The zero-order chi connectivity index (χ0) is 13.7. The van der Waals surface area contributed by atoms with Gasteiger partial charge in [0.25, 0.3) is 11.7 Å². The number of amides is 1. The Balaban J connectivity index is 1.50. The maximum absolute atomic E-state index is 12.3. The van der Waals surface area contributed by atoms with Crippen LogP contribution in [0.25, 0.3) is 0 Å². The summed E-state index contributed by atoms with van der Waals surface area (Å²) < 4.78 is 0. The summed E-state index contributed by atoms with van der Waals surface area (Å²) in [5.74, 6) is 2.80. The minimum atomic E-state index is -0.116. The summed E-state index contributed by atoms with van der Waals surface area (Å²) >= 11 is 0. The highest BCUT2D eigenvalue weighted by atomic mass is 16.2. The van der Waals surface area contributed by atoms with E-state index in [4.69, 9.17) is 0 Å². The summed E-state index contributed by atoms with van der Waals surface area (Å²) in [6.07, 6.45) is 8.22. The highest BCUT2D eigenvalue weighted by Crippen LogP contribution is 2.60. The van der Waals surface area contributed by atoms with Crippen LogP contribution in [0.2, 0.25) is 0 Å². The molecule has 0 atom stereocenters. The van der Waals surface area contributed by atoms with Gasteiger partial charge in [0.2, 0.25) is 0 Å². The second kappa shape index (κ2) is 4.27. The highest BCUT2D eigenvalue weighted by Gasteiger charge is 2.51. The molecule has 6 nitrogen and oxygen atoms in total. The Bertz CT molecular complexity index is 476. The van der Waals surface area contributed by atoms with Crippen molar-refractivity contribution in [3.63, 3.8) is 0 Å². The summed E-state index contributed by atoms with van der Waals surface area (Å²) in [5.41, 5.74) is 0.364. The molecule has 4 saturated carbocycles. The van der Waals surface area contributed by atoms with Crippen LogP contribution in [0.15, 0.2) is 0 Å². The molecule has 0 saturated heterocycles. The molecule has 1 heterocycles. The maximum atomic E-state index is 12.3. The Labute approximate surface area is 118 Å². The molecular formula is C14H21N5O. The molecule has 0 aromatic carbocycles. The standard InChI is InChI=1S/C14H21N5O/c1-19(13(20)12-15-17-18-16-12)8-14-5-9-2-10(6-14)4-11(3-9)7-14/h9-11H,2-8H2,1H3,(H,15,16,17,18). The van der Waals surface area contributed by atoms with Gasteiger partial charge in [-0.3, -0.25) is 4.79 Å². The number of H-pyrrole nitrogens is 1. The summed E-state index contributed by atoms with van der Waals surface area (Å²) in [6.45, 7) is 0.851. The lowest BCUT2D eigenvalue weighted by Crippen LogP contribution is -2.51. The number of nitrogens with zero attached hydrogens (tertiary/aromatic N) is 4. The number of hydrogen-bond donors (Lipinski definition) is 1. The number of rotatable bonds is 3. The van der Waals surface area contributed by atoms with Crippen molar-refractivity contribution in [2.75, 3.05) is 13.6 Å². The first-order valence-corrected chi connectivity index (χ1v) is 7.62. The number of hydrogen-bond acceptors (Lipinski definition) is 4. The van der Waals surface area contributed by atoms with Gasteiger partial charge in [0.15, 0.2) is 0 Å². The molecule has 6 heteroatoms. The van der Waals surface area contributed by atoms with Gasteiger partial charge in [0.05, 0.1) is 0 Å². The van der Waals surface area contributed by atoms with E-state index < -0.39 is 0 Å². The van der Waals surface area contributed by atoms with Gasteiger partial charge in [-0.05, 0) is 66.9 Å². The second-order valence-electron chi connectivity index (χ2n) is 7.31. The van der Waals surface area contributed by atoms with Crippen LogP contribution in [0.1, 0.15) is 49.1 Å². The van der Waals surface area contributed by atoms with Crippen LogP contribution in [0.3, 0.4) is 0 Å². The Hall–Kier alpha value is -1.46. The first-order chi connectivity index (χ1) is 9.63. The number of nitrogens with one attached hydrogen (secondary N) is 1. The van der Waals surface area contributed by atoms with Gasteiger partial charge in [-0.25, -0.2) is 0 Å². The van der Waals surface area contributed by atoms with E-state index in [0.29, 0.717) is 5.41 Å². The van der Waals surface area contributed by atoms with Crippen molar-refractivity contribution < 1.29 is 4.79 Å². The molecule has 4 fully saturated rings. The van der Waals surface area contributed by atoms with E-state index in [2.05, 4.69) is 20.6 Å². The van der Waals surface area contributed by atoms with Crippen LogP contribution in [-0.4, -0.2) is 45.0 Å². The van der Waals surface area contributed by atoms with Crippen molar-refractivity contribution >= 4 is 5.91 Å². The third-order valence-corrected chi connectivity index (χ3v) is 5.62. The largest absolute Gasteiger partial charge is 0.338 e. The van der Waals surface area contributed by atoms with Crippen LogP contribution < -0.4 is 0 Å². The third-order valence-electron chi connectivity index (χ3n) is 5.62. The lowest BCUT2D eigenvalue weighted by Gasteiger charge is -2.57. The molecule has 0 unspecified atom stereocenters. The Morgan fingerprint density at radius 1 is 1.25 bits per heavy atom. The van der Waals surface area contributed by atoms with E-state index in [9.17, 15) is 4.79 Å². The molecule has 4 bridgehead atoms. The molecule has 4 aliphatic carbocycles. The SMILES string of the molecule is CN(CC12CC3CC(CC(C3)C1)C2)C(=O)c1nn[nH]n1. The fourth-order valence-corrected chi connectivity index (χ4v) is 5.48. The van der Waals surface area contributed by atoms with Gasteiger partial charge >= 0.3 is 0 Å². The van der Waals surface area contributed by atoms with Gasteiger partial charge in [-0.15, -0.1) is 10.2 Å². The predicted octanol–water partition coefficient (Wildman–Crippen LogP) is 1.49. The van der Waals surface area contributed by atoms with E-state index in [1.807, 2.05) is 7.05 Å². The average molecular weight is 275 g/mol. The monoisotopic (exact) mass is 275 g/mol. The molecule has 1 amide bonds. The first kappa shape index (κ1) is 12.3. The summed E-state index contributed by atoms with van der Waals surface area (Å²) in [5, 5.41) is 13.4. The van der Waals surface area contributed by atoms with Crippen molar-refractivity contribution in [1.82, 2.24) is 25.5 Å². The molecule has 0 radical (unpaired) electrons. The van der Waals surface area contributed by atoms with Crippen LogP contribution in [0, 0.1) is 23.2 Å². The summed E-state index contributed by atoms with van der Waals surface area (Å²) in [7, 11) is 1.87. The number of aromatic nitrogens is 4.